The fraction of sp³-hybridized carbons (Fsp3) is 0. The molecule has 0 unspecified atom stereocenters. The van der Waals surface area contributed by atoms with Gasteiger partial charge in [-0.25, -0.2) is 9.97 Å². The molecule has 3 heterocycles. The van der Waals surface area contributed by atoms with Crippen molar-refractivity contribution >= 4 is 87.0 Å². The zero-order chi connectivity index (χ0) is 35.3. The molecule has 0 fully saturated rings. The molecule has 0 atom stereocenters. The number of hydrogen-bond donors (Lipinski definition) is 0. The Balaban J connectivity index is 1.26. The minimum Gasteiger partial charge on any atom is -0.309 e. The number of nitrogens with zero attached hydrogens (tertiary/aromatic N) is 4. The Hall–Kier alpha value is -7.30. The second kappa shape index (κ2) is 11.1. The minimum absolute atomic E-state index is 0.812. The van der Waals surface area contributed by atoms with E-state index in [2.05, 4.69) is 179 Å². The number of aromatic nitrogens is 4. The van der Waals surface area contributed by atoms with Gasteiger partial charge in [0.1, 0.15) is 5.69 Å². The molecule has 0 N–H and O–H groups in total. The Labute approximate surface area is 309 Å². The summed E-state index contributed by atoms with van der Waals surface area (Å²) in [4.78, 5) is 10.9. The van der Waals surface area contributed by atoms with Crippen LogP contribution in [0.15, 0.2) is 182 Å². The number of hydrogen-bond acceptors (Lipinski definition) is 2. The summed E-state index contributed by atoms with van der Waals surface area (Å²) in [6.45, 7) is 0. The molecule has 9 aromatic carbocycles. The van der Waals surface area contributed by atoms with Gasteiger partial charge in [0.25, 0.3) is 0 Å². The lowest BCUT2D eigenvalue weighted by Crippen LogP contribution is -2.04. The molecule has 0 aliphatic carbocycles. The molecule has 0 amide bonds. The topological polar surface area (TPSA) is 35.6 Å². The fourth-order valence-electron chi connectivity index (χ4n) is 8.75. The molecular weight excluding hydrogens is 657 g/mol. The summed E-state index contributed by atoms with van der Waals surface area (Å²) >= 11 is 0. The molecular formula is C50H30N4. The molecule has 0 saturated carbocycles. The van der Waals surface area contributed by atoms with E-state index in [9.17, 15) is 0 Å². The first-order chi connectivity index (χ1) is 26.8. The zero-order valence-corrected chi connectivity index (χ0v) is 29.1. The largest absolute Gasteiger partial charge is 0.309 e. The molecule has 0 aliphatic rings. The molecule has 0 bridgehead atoms. The van der Waals surface area contributed by atoms with Gasteiger partial charge in [0.05, 0.1) is 33.1 Å². The summed E-state index contributed by atoms with van der Waals surface area (Å²) in [6.07, 6.45) is 0. The van der Waals surface area contributed by atoms with Crippen LogP contribution in [0.3, 0.4) is 0 Å². The molecule has 12 rings (SSSR count). The third-order valence-corrected chi connectivity index (χ3v) is 11.2. The standard InChI is InChI=1S/C50H30N4/c1-3-14-34-27-36(22-21-31(34)11-1)49-50(52-43-19-9-8-18-42(43)51-49)54-45-26-24-33-13-5-6-16-38(33)48(45)41-29-40-39-17-7-10-20-44(39)53(46(40)30-47(41)54)37-25-23-32-12-2-4-15-35(32)28-37/h1-30H. The summed E-state index contributed by atoms with van der Waals surface area (Å²) in [6, 6.07) is 65.5. The number of benzene rings is 9. The Bertz CT molecular complexity index is 3510. The van der Waals surface area contributed by atoms with Crippen molar-refractivity contribution in [3.05, 3.63) is 182 Å². The van der Waals surface area contributed by atoms with E-state index >= 15 is 0 Å². The molecule has 250 valence electrons. The zero-order valence-electron chi connectivity index (χ0n) is 29.1. The van der Waals surface area contributed by atoms with Gasteiger partial charge < -0.3 is 4.57 Å². The highest BCUT2D eigenvalue weighted by Crippen LogP contribution is 2.43. The average Bonchev–Trinajstić information content (AvgIpc) is 3.74. The first kappa shape index (κ1) is 29.3. The Morgan fingerprint density at radius 1 is 0.333 bits per heavy atom. The lowest BCUT2D eigenvalue weighted by atomic mass is 10.0. The number of rotatable bonds is 3. The van der Waals surface area contributed by atoms with Gasteiger partial charge in [0.2, 0.25) is 0 Å². The van der Waals surface area contributed by atoms with Crippen molar-refractivity contribution in [2.24, 2.45) is 0 Å². The quantitative estimate of drug-likeness (QED) is 0.185. The Kier molecular flexibility index (Phi) is 6.02. The molecule has 4 nitrogen and oxygen atoms in total. The second-order valence-corrected chi connectivity index (χ2v) is 14.2. The van der Waals surface area contributed by atoms with Crippen molar-refractivity contribution in [1.82, 2.24) is 19.1 Å². The van der Waals surface area contributed by atoms with Crippen LogP contribution in [0, 0.1) is 0 Å². The van der Waals surface area contributed by atoms with Crippen molar-refractivity contribution in [3.63, 3.8) is 0 Å². The van der Waals surface area contributed by atoms with Gasteiger partial charge in [-0.2, -0.15) is 0 Å². The van der Waals surface area contributed by atoms with Crippen LogP contribution in [0.1, 0.15) is 0 Å². The SMILES string of the molecule is c1ccc2cc(-c3nc4ccccc4nc3-n3c4cc5c(cc4c4c6ccccc6ccc43)c3ccccc3n5-c3ccc4ccccc4c3)ccc2c1. The summed E-state index contributed by atoms with van der Waals surface area (Å²) < 4.78 is 4.79. The van der Waals surface area contributed by atoms with Gasteiger partial charge in [-0.15, -0.1) is 0 Å². The fourth-order valence-corrected chi connectivity index (χ4v) is 8.75. The summed E-state index contributed by atoms with van der Waals surface area (Å²) in [5.74, 6) is 0.812. The second-order valence-electron chi connectivity index (χ2n) is 14.2. The van der Waals surface area contributed by atoms with Crippen molar-refractivity contribution in [1.29, 1.82) is 0 Å². The third kappa shape index (κ3) is 4.19. The van der Waals surface area contributed by atoms with E-state index in [1.54, 1.807) is 0 Å². The van der Waals surface area contributed by atoms with Crippen LogP contribution < -0.4 is 0 Å². The normalized spacial score (nSPS) is 12.1. The monoisotopic (exact) mass is 686 g/mol. The van der Waals surface area contributed by atoms with E-state index in [1.807, 2.05) is 12.1 Å². The van der Waals surface area contributed by atoms with Gasteiger partial charge in [-0.3, -0.25) is 4.57 Å². The van der Waals surface area contributed by atoms with E-state index in [-0.39, 0.29) is 0 Å². The molecule has 54 heavy (non-hydrogen) atoms. The van der Waals surface area contributed by atoms with Crippen molar-refractivity contribution < 1.29 is 0 Å². The van der Waals surface area contributed by atoms with Gasteiger partial charge in [0.15, 0.2) is 5.82 Å². The third-order valence-electron chi connectivity index (χ3n) is 11.2. The van der Waals surface area contributed by atoms with Crippen molar-refractivity contribution in [2.75, 3.05) is 0 Å². The minimum atomic E-state index is 0.812. The highest BCUT2D eigenvalue weighted by atomic mass is 15.1. The molecule has 0 saturated heterocycles. The molecule has 3 aromatic heterocycles. The number of fused-ring (bicyclic) bond motifs is 11. The summed E-state index contributed by atoms with van der Waals surface area (Å²) in [7, 11) is 0. The van der Waals surface area contributed by atoms with E-state index in [4.69, 9.17) is 9.97 Å². The van der Waals surface area contributed by atoms with Crippen LogP contribution in [0.5, 0.6) is 0 Å². The Morgan fingerprint density at radius 3 is 1.76 bits per heavy atom. The summed E-state index contributed by atoms with van der Waals surface area (Å²) in [5, 5.41) is 12.1. The predicted molar refractivity (Wildman–Crippen MR) is 226 cm³/mol. The maximum absolute atomic E-state index is 5.49. The lowest BCUT2D eigenvalue weighted by Gasteiger charge is -2.15. The number of para-hydroxylation sites is 3. The van der Waals surface area contributed by atoms with Crippen LogP contribution >= 0.6 is 0 Å². The van der Waals surface area contributed by atoms with Crippen LogP contribution in [0.4, 0.5) is 0 Å². The van der Waals surface area contributed by atoms with Crippen LogP contribution in [0.25, 0.3) is 110 Å². The van der Waals surface area contributed by atoms with Crippen LogP contribution in [0.2, 0.25) is 0 Å². The van der Waals surface area contributed by atoms with E-state index in [0.717, 1.165) is 50.3 Å². The van der Waals surface area contributed by atoms with Gasteiger partial charge in [0, 0.05) is 32.8 Å². The maximum Gasteiger partial charge on any atom is 0.165 e. The van der Waals surface area contributed by atoms with Crippen LogP contribution in [-0.4, -0.2) is 19.1 Å². The maximum atomic E-state index is 5.49. The first-order valence-corrected chi connectivity index (χ1v) is 18.4. The van der Waals surface area contributed by atoms with Gasteiger partial charge in [-0.1, -0.05) is 127 Å². The predicted octanol–water partition coefficient (Wildman–Crippen LogP) is 13.0. The van der Waals surface area contributed by atoms with Crippen molar-refractivity contribution in [3.8, 4) is 22.8 Å². The van der Waals surface area contributed by atoms with Gasteiger partial charge >= 0.3 is 0 Å². The van der Waals surface area contributed by atoms with E-state index in [1.165, 1.54) is 59.4 Å². The van der Waals surface area contributed by atoms with E-state index in [0.29, 0.717) is 0 Å². The van der Waals surface area contributed by atoms with Crippen LogP contribution in [-0.2, 0) is 0 Å². The molecule has 12 aromatic rings. The van der Waals surface area contributed by atoms with Crippen molar-refractivity contribution in [2.45, 2.75) is 0 Å². The smallest absolute Gasteiger partial charge is 0.165 e. The molecule has 0 aliphatic heterocycles. The van der Waals surface area contributed by atoms with E-state index < -0.39 is 0 Å². The Morgan fingerprint density at radius 2 is 0.944 bits per heavy atom. The molecule has 4 heteroatoms. The molecule has 0 spiro atoms. The highest BCUT2D eigenvalue weighted by Gasteiger charge is 2.23. The van der Waals surface area contributed by atoms with Gasteiger partial charge in [-0.05, 0) is 86.9 Å². The molecule has 0 radical (unpaired) electrons. The highest BCUT2D eigenvalue weighted by molar-refractivity contribution is 6.25. The first-order valence-electron chi connectivity index (χ1n) is 18.4. The summed E-state index contributed by atoms with van der Waals surface area (Å²) in [5.41, 5.74) is 9.26. The average molecular weight is 687 g/mol. The lowest BCUT2D eigenvalue weighted by molar-refractivity contribution is 1.08.